The number of halogens is 1. The van der Waals surface area contributed by atoms with E-state index in [0.717, 1.165) is 10.9 Å². The third-order valence-electron chi connectivity index (χ3n) is 2.20. The minimum atomic E-state index is -0.00373. The molecule has 0 aliphatic heterocycles. The Hall–Kier alpha value is -0.810. The molecule has 4 nitrogen and oxygen atoms in total. The standard InChI is InChI=1S/C11H18BrN3O/c1-7(2)3-9(6-16)15-11-10(13)4-8(12)5-14-11/h4-5,7,9,16H,3,6,13H2,1-2H3,(H,14,15). The molecule has 0 radical (unpaired) electrons. The number of anilines is 2. The second kappa shape index (κ2) is 6.06. The van der Waals surface area contributed by atoms with Gasteiger partial charge in [0.25, 0.3) is 0 Å². The SMILES string of the molecule is CC(C)CC(CO)Nc1ncc(Br)cc1N. The minimum Gasteiger partial charge on any atom is -0.396 e. The fourth-order valence-electron chi connectivity index (χ4n) is 1.52. The van der Waals surface area contributed by atoms with Crippen LogP contribution in [0.3, 0.4) is 0 Å². The topological polar surface area (TPSA) is 71.2 Å². The van der Waals surface area contributed by atoms with Crippen molar-refractivity contribution in [2.24, 2.45) is 5.92 Å². The molecule has 1 unspecified atom stereocenters. The molecule has 0 aliphatic rings. The Morgan fingerprint density at radius 3 is 2.75 bits per heavy atom. The zero-order valence-electron chi connectivity index (χ0n) is 9.57. The molecular formula is C11H18BrN3O. The van der Waals surface area contributed by atoms with Gasteiger partial charge in [0.1, 0.15) is 5.82 Å². The molecule has 0 aromatic carbocycles. The smallest absolute Gasteiger partial charge is 0.149 e. The molecule has 4 N–H and O–H groups in total. The van der Waals surface area contributed by atoms with Crippen molar-refractivity contribution in [1.82, 2.24) is 4.98 Å². The Bertz CT molecular complexity index is 344. The van der Waals surface area contributed by atoms with Crippen LogP contribution >= 0.6 is 15.9 Å². The highest BCUT2D eigenvalue weighted by atomic mass is 79.9. The first-order chi connectivity index (χ1) is 7.52. The average Bonchev–Trinajstić information content (AvgIpc) is 2.20. The van der Waals surface area contributed by atoms with Gasteiger partial charge in [-0.05, 0) is 34.3 Å². The van der Waals surface area contributed by atoms with Gasteiger partial charge in [-0.3, -0.25) is 0 Å². The molecule has 1 atom stereocenters. The zero-order valence-corrected chi connectivity index (χ0v) is 11.2. The number of rotatable bonds is 5. The first-order valence-corrected chi connectivity index (χ1v) is 6.10. The van der Waals surface area contributed by atoms with Gasteiger partial charge in [-0.15, -0.1) is 0 Å². The average molecular weight is 288 g/mol. The molecule has 0 aliphatic carbocycles. The fourth-order valence-corrected chi connectivity index (χ4v) is 1.87. The third kappa shape index (κ3) is 3.98. The summed E-state index contributed by atoms with van der Waals surface area (Å²) in [5, 5.41) is 12.4. The molecule has 90 valence electrons. The van der Waals surface area contributed by atoms with Gasteiger partial charge < -0.3 is 16.2 Å². The van der Waals surface area contributed by atoms with Crippen molar-refractivity contribution in [3.05, 3.63) is 16.7 Å². The van der Waals surface area contributed by atoms with Crippen LogP contribution in [0.1, 0.15) is 20.3 Å². The summed E-state index contributed by atoms with van der Waals surface area (Å²) in [5.41, 5.74) is 6.40. The fraction of sp³-hybridized carbons (Fsp3) is 0.545. The summed E-state index contributed by atoms with van der Waals surface area (Å²) in [5.74, 6) is 1.14. The Kier molecular flexibility index (Phi) is 5.02. The number of hydrogen-bond donors (Lipinski definition) is 3. The van der Waals surface area contributed by atoms with Crippen molar-refractivity contribution in [3.63, 3.8) is 0 Å². The number of nitrogens with one attached hydrogen (secondary N) is 1. The predicted molar refractivity (Wildman–Crippen MR) is 70.3 cm³/mol. The maximum Gasteiger partial charge on any atom is 0.149 e. The van der Waals surface area contributed by atoms with Gasteiger partial charge in [0.05, 0.1) is 18.3 Å². The number of nitrogen functional groups attached to an aromatic ring is 1. The molecule has 0 spiro atoms. The lowest BCUT2D eigenvalue weighted by atomic mass is 10.0. The van der Waals surface area contributed by atoms with Gasteiger partial charge in [-0.2, -0.15) is 0 Å². The van der Waals surface area contributed by atoms with Crippen LogP contribution in [-0.2, 0) is 0 Å². The van der Waals surface area contributed by atoms with E-state index < -0.39 is 0 Å². The molecule has 1 aromatic heterocycles. The van der Waals surface area contributed by atoms with Crippen molar-refractivity contribution in [1.29, 1.82) is 0 Å². The summed E-state index contributed by atoms with van der Waals surface area (Å²) in [6.07, 6.45) is 2.57. The van der Waals surface area contributed by atoms with Gasteiger partial charge in [0.15, 0.2) is 0 Å². The number of nitrogens with two attached hydrogens (primary N) is 1. The molecule has 1 aromatic rings. The van der Waals surface area contributed by atoms with Gasteiger partial charge in [0.2, 0.25) is 0 Å². The van der Waals surface area contributed by atoms with Crippen LogP contribution in [0.4, 0.5) is 11.5 Å². The minimum absolute atomic E-state index is 0.00373. The second-order valence-corrected chi connectivity index (χ2v) is 5.16. The summed E-state index contributed by atoms with van der Waals surface area (Å²) in [6.45, 7) is 4.31. The maximum atomic E-state index is 9.24. The van der Waals surface area contributed by atoms with Crippen LogP contribution in [0.25, 0.3) is 0 Å². The van der Waals surface area contributed by atoms with E-state index in [1.165, 1.54) is 0 Å². The number of aliphatic hydroxyl groups is 1. The molecule has 0 amide bonds. The third-order valence-corrected chi connectivity index (χ3v) is 2.63. The number of nitrogens with zero attached hydrogens (tertiary/aromatic N) is 1. The van der Waals surface area contributed by atoms with Gasteiger partial charge in [-0.1, -0.05) is 13.8 Å². The van der Waals surface area contributed by atoms with Gasteiger partial charge in [-0.25, -0.2) is 4.98 Å². The van der Waals surface area contributed by atoms with E-state index in [-0.39, 0.29) is 12.6 Å². The van der Waals surface area contributed by atoms with Crippen LogP contribution in [0.15, 0.2) is 16.7 Å². The quantitative estimate of drug-likeness (QED) is 0.777. The molecule has 0 saturated heterocycles. The largest absolute Gasteiger partial charge is 0.396 e. The summed E-state index contributed by atoms with van der Waals surface area (Å²) in [7, 11) is 0. The lowest BCUT2D eigenvalue weighted by Gasteiger charge is -2.19. The number of hydrogen-bond acceptors (Lipinski definition) is 4. The molecule has 5 heteroatoms. The van der Waals surface area contributed by atoms with Crippen LogP contribution in [0, 0.1) is 5.92 Å². The Morgan fingerprint density at radius 2 is 2.25 bits per heavy atom. The van der Waals surface area contributed by atoms with E-state index in [9.17, 15) is 5.11 Å². The first-order valence-electron chi connectivity index (χ1n) is 5.31. The predicted octanol–water partition coefficient (Wildman–Crippen LogP) is 2.25. The summed E-state index contributed by atoms with van der Waals surface area (Å²) in [4.78, 5) is 4.18. The molecular weight excluding hydrogens is 270 g/mol. The van der Waals surface area contributed by atoms with E-state index in [4.69, 9.17) is 5.73 Å². The summed E-state index contributed by atoms with van der Waals surface area (Å²) >= 11 is 3.30. The molecule has 0 fully saturated rings. The highest BCUT2D eigenvalue weighted by Gasteiger charge is 2.11. The van der Waals surface area contributed by atoms with Crippen molar-refractivity contribution >= 4 is 27.4 Å². The van der Waals surface area contributed by atoms with Crippen LogP contribution < -0.4 is 11.1 Å². The highest BCUT2D eigenvalue weighted by Crippen LogP contribution is 2.21. The molecule has 1 heterocycles. The van der Waals surface area contributed by atoms with E-state index in [1.54, 1.807) is 12.3 Å². The summed E-state index contributed by atoms with van der Waals surface area (Å²) < 4.78 is 0.847. The van der Waals surface area contributed by atoms with E-state index >= 15 is 0 Å². The first kappa shape index (κ1) is 13.3. The van der Waals surface area contributed by atoms with Crippen LogP contribution in [-0.4, -0.2) is 22.7 Å². The van der Waals surface area contributed by atoms with Gasteiger partial charge >= 0.3 is 0 Å². The maximum absolute atomic E-state index is 9.24. The number of aliphatic hydroxyl groups excluding tert-OH is 1. The Morgan fingerprint density at radius 1 is 1.56 bits per heavy atom. The Balaban J connectivity index is 2.70. The monoisotopic (exact) mass is 287 g/mol. The Labute approximate surface area is 104 Å². The lowest BCUT2D eigenvalue weighted by molar-refractivity contribution is 0.259. The van der Waals surface area contributed by atoms with Crippen LogP contribution in [0.2, 0.25) is 0 Å². The second-order valence-electron chi connectivity index (χ2n) is 4.24. The summed E-state index contributed by atoms with van der Waals surface area (Å²) in [6, 6.07) is 1.79. The lowest BCUT2D eigenvalue weighted by Crippen LogP contribution is -2.26. The van der Waals surface area contributed by atoms with Crippen molar-refractivity contribution in [3.8, 4) is 0 Å². The van der Waals surface area contributed by atoms with Gasteiger partial charge in [0, 0.05) is 10.7 Å². The van der Waals surface area contributed by atoms with Crippen LogP contribution in [0.5, 0.6) is 0 Å². The van der Waals surface area contributed by atoms with Crippen molar-refractivity contribution in [2.45, 2.75) is 26.3 Å². The highest BCUT2D eigenvalue weighted by molar-refractivity contribution is 9.10. The number of aromatic nitrogens is 1. The van der Waals surface area contributed by atoms with Crippen molar-refractivity contribution in [2.75, 3.05) is 17.7 Å². The molecule has 0 bridgehead atoms. The molecule has 16 heavy (non-hydrogen) atoms. The molecule has 0 saturated carbocycles. The normalized spacial score (nSPS) is 12.8. The van der Waals surface area contributed by atoms with E-state index in [2.05, 4.69) is 40.1 Å². The molecule has 1 rings (SSSR count). The number of pyridine rings is 1. The van der Waals surface area contributed by atoms with E-state index in [0.29, 0.717) is 17.4 Å². The zero-order chi connectivity index (χ0) is 12.1. The van der Waals surface area contributed by atoms with E-state index in [1.807, 2.05) is 0 Å². The van der Waals surface area contributed by atoms with Crippen molar-refractivity contribution < 1.29 is 5.11 Å².